The minimum Gasteiger partial charge on any atom is -0.272 e. The van der Waals surface area contributed by atoms with Gasteiger partial charge < -0.3 is 0 Å². The van der Waals surface area contributed by atoms with Crippen LogP contribution >= 0.6 is 0 Å². The van der Waals surface area contributed by atoms with Gasteiger partial charge in [-0.25, -0.2) is 5.43 Å². The molecule has 1 aliphatic rings. The molecule has 0 unspecified atom stereocenters. The number of hydrogen-bond acceptors (Lipinski definition) is 5. The van der Waals surface area contributed by atoms with Crippen LogP contribution in [0.25, 0.3) is 11.3 Å². The van der Waals surface area contributed by atoms with Gasteiger partial charge in [0.25, 0.3) is 11.6 Å². The first kappa shape index (κ1) is 17.6. The minimum atomic E-state index is -0.461. The van der Waals surface area contributed by atoms with Crippen molar-refractivity contribution in [1.29, 1.82) is 0 Å². The van der Waals surface area contributed by atoms with Crippen molar-refractivity contribution < 1.29 is 9.72 Å². The van der Waals surface area contributed by atoms with Gasteiger partial charge in [-0.3, -0.25) is 20.0 Å². The quantitative estimate of drug-likeness (QED) is 0.414. The van der Waals surface area contributed by atoms with E-state index in [0.29, 0.717) is 17.0 Å². The number of H-pyrrole nitrogens is 1. The van der Waals surface area contributed by atoms with Gasteiger partial charge in [0.1, 0.15) is 5.69 Å². The van der Waals surface area contributed by atoms with E-state index in [4.69, 9.17) is 0 Å². The first-order valence-corrected chi connectivity index (χ1v) is 8.79. The molecule has 1 heterocycles. The van der Waals surface area contributed by atoms with Crippen LogP contribution in [0.3, 0.4) is 0 Å². The van der Waals surface area contributed by atoms with Crippen LogP contribution in [0.15, 0.2) is 53.6 Å². The largest absolute Gasteiger partial charge is 0.289 e. The third-order valence-corrected chi connectivity index (χ3v) is 4.83. The Labute approximate surface area is 160 Å². The molecule has 2 N–H and O–H groups in total. The van der Waals surface area contributed by atoms with Gasteiger partial charge in [0.2, 0.25) is 0 Å². The van der Waals surface area contributed by atoms with Gasteiger partial charge in [-0.2, -0.15) is 10.2 Å². The highest BCUT2D eigenvalue weighted by molar-refractivity contribution is 6.01. The maximum Gasteiger partial charge on any atom is 0.289 e. The van der Waals surface area contributed by atoms with E-state index in [2.05, 4.69) is 26.8 Å². The summed E-state index contributed by atoms with van der Waals surface area (Å²) >= 11 is 0. The Hall–Kier alpha value is -3.81. The molecule has 0 saturated heterocycles. The summed E-state index contributed by atoms with van der Waals surface area (Å²) in [7, 11) is 0. The fourth-order valence-corrected chi connectivity index (χ4v) is 3.33. The topological polar surface area (TPSA) is 113 Å². The molecule has 3 aromatic rings. The molecule has 0 radical (unpaired) electrons. The number of non-ortho nitro benzene ring substituents is 1. The lowest BCUT2D eigenvalue weighted by Gasteiger charge is -2.15. The number of carbonyl (C=O) groups is 1. The van der Waals surface area contributed by atoms with Gasteiger partial charge in [-0.1, -0.05) is 24.3 Å². The number of nitrogens with one attached hydrogen (secondary N) is 2. The molecule has 8 heteroatoms. The van der Waals surface area contributed by atoms with E-state index < -0.39 is 4.92 Å². The van der Waals surface area contributed by atoms with Crippen LogP contribution in [-0.2, 0) is 12.8 Å². The predicted octanol–water partition coefficient (Wildman–Crippen LogP) is 3.24. The molecule has 140 valence electrons. The number of hydrazone groups is 1. The van der Waals surface area contributed by atoms with E-state index in [1.165, 1.54) is 17.7 Å². The lowest BCUT2D eigenvalue weighted by Crippen LogP contribution is -2.21. The molecule has 0 spiro atoms. The number of carbonyl (C=O) groups excluding carboxylic acids is 1. The normalized spacial score (nSPS) is 12.8. The van der Waals surface area contributed by atoms with Crippen molar-refractivity contribution in [3.8, 4) is 11.3 Å². The SMILES string of the molecule is C/C(=N\NC(=O)c1[nH]nc2c1CCc1ccccc1-2)c1ccc([N+](=O)[O-])cc1. The minimum absolute atomic E-state index is 0.00459. The number of rotatable bonds is 4. The van der Waals surface area contributed by atoms with Crippen molar-refractivity contribution >= 4 is 17.3 Å². The van der Waals surface area contributed by atoms with Crippen LogP contribution in [0.5, 0.6) is 0 Å². The Morgan fingerprint density at radius 2 is 1.93 bits per heavy atom. The molecule has 0 fully saturated rings. The monoisotopic (exact) mass is 375 g/mol. The third kappa shape index (κ3) is 3.16. The zero-order valence-corrected chi connectivity index (χ0v) is 15.1. The van der Waals surface area contributed by atoms with Gasteiger partial charge in [0.05, 0.1) is 16.3 Å². The van der Waals surface area contributed by atoms with Crippen LogP contribution in [-0.4, -0.2) is 26.7 Å². The number of aromatic nitrogens is 2. The number of amides is 1. The zero-order chi connectivity index (χ0) is 19.7. The maximum absolute atomic E-state index is 12.6. The van der Waals surface area contributed by atoms with E-state index in [0.717, 1.165) is 29.7 Å². The number of benzene rings is 2. The van der Waals surface area contributed by atoms with Crippen LogP contribution < -0.4 is 5.43 Å². The number of nitro groups is 1. The van der Waals surface area contributed by atoms with Gasteiger partial charge in [-0.15, -0.1) is 0 Å². The molecular formula is C20H17N5O3. The standard InChI is InChI=1S/C20H17N5O3/c1-12(13-6-9-15(10-7-13)25(27)28)21-24-20(26)19-17-11-8-14-4-2-3-5-16(14)18(17)22-23-19/h2-7,9-10H,8,11H2,1H3,(H,22,23)(H,24,26)/b21-12+. The van der Waals surface area contributed by atoms with Crippen LogP contribution in [0, 0.1) is 10.1 Å². The Bertz CT molecular complexity index is 1100. The second kappa shape index (κ2) is 7.07. The fourth-order valence-electron chi connectivity index (χ4n) is 3.33. The summed E-state index contributed by atoms with van der Waals surface area (Å²) in [5, 5.41) is 22.0. The summed E-state index contributed by atoms with van der Waals surface area (Å²) in [5.74, 6) is -0.366. The first-order valence-electron chi connectivity index (χ1n) is 8.79. The Morgan fingerprint density at radius 3 is 2.68 bits per heavy atom. The second-order valence-electron chi connectivity index (χ2n) is 6.53. The molecule has 8 nitrogen and oxygen atoms in total. The molecule has 0 atom stereocenters. The molecule has 0 saturated carbocycles. The average molecular weight is 375 g/mol. The summed E-state index contributed by atoms with van der Waals surface area (Å²) in [4.78, 5) is 22.9. The van der Waals surface area contributed by atoms with Crippen LogP contribution in [0.2, 0.25) is 0 Å². The number of nitrogens with zero attached hydrogens (tertiary/aromatic N) is 3. The fraction of sp³-hybridized carbons (Fsp3) is 0.150. The molecule has 1 aliphatic carbocycles. The van der Waals surface area contributed by atoms with Gasteiger partial charge in [-0.05, 0) is 43.0 Å². The highest BCUT2D eigenvalue weighted by Gasteiger charge is 2.24. The Balaban J connectivity index is 1.53. The lowest BCUT2D eigenvalue weighted by molar-refractivity contribution is -0.384. The predicted molar refractivity (Wildman–Crippen MR) is 104 cm³/mol. The van der Waals surface area contributed by atoms with E-state index >= 15 is 0 Å². The highest BCUT2D eigenvalue weighted by atomic mass is 16.6. The van der Waals surface area contributed by atoms with Crippen molar-refractivity contribution in [3.05, 3.63) is 81.0 Å². The maximum atomic E-state index is 12.6. The number of aryl methyl sites for hydroxylation is 1. The molecular weight excluding hydrogens is 358 g/mol. The van der Waals surface area contributed by atoms with E-state index in [-0.39, 0.29) is 11.6 Å². The Morgan fingerprint density at radius 1 is 1.18 bits per heavy atom. The number of fused-ring (bicyclic) bond motifs is 3. The molecule has 1 aromatic heterocycles. The van der Waals surface area contributed by atoms with Crippen molar-refractivity contribution in [1.82, 2.24) is 15.6 Å². The summed E-state index contributed by atoms with van der Waals surface area (Å²) < 4.78 is 0. The van der Waals surface area contributed by atoms with Crippen molar-refractivity contribution in [3.63, 3.8) is 0 Å². The summed E-state index contributed by atoms with van der Waals surface area (Å²) in [6, 6.07) is 14.0. The zero-order valence-electron chi connectivity index (χ0n) is 15.1. The number of aromatic amines is 1. The van der Waals surface area contributed by atoms with Crippen molar-refractivity contribution in [2.24, 2.45) is 5.10 Å². The third-order valence-electron chi connectivity index (χ3n) is 4.83. The Kier molecular flexibility index (Phi) is 4.44. The molecule has 2 aromatic carbocycles. The number of nitro benzene ring substituents is 1. The van der Waals surface area contributed by atoms with E-state index in [9.17, 15) is 14.9 Å². The second-order valence-corrected chi connectivity index (χ2v) is 6.53. The molecule has 1 amide bonds. The van der Waals surface area contributed by atoms with Gasteiger partial charge in [0, 0.05) is 23.3 Å². The summed E-state index contributed by atoms with van der Waals surface area (Å²) in [6.45, 7) is 1.72. The first-order chi connectivity index (χ1) is 13.5. The van der Waals surface area contributed by atoms with Gasteiger partial charge in [0.15, 0.2) is 0 Å². The lowest BCUT2D eigenvalue weighted by atomic mass is 9.89. The molecule has 0 bridgehead atoms. The highest BCUT2D eigenvalue weighted by Crippen LogP contribution is 2.33. The number of hydrogen-bond donors (Lipinski definition) is 2. The average Bonchev–Trinajstić information content (AvgIpc) is 3.16. The van der Waals surface area contributed by atoms with E-state index in [1.807, 2.05) is 18.2 Å². The van der Waals surface area contributed by atoms with Crippen LogP contribution in [0.4, 0.5) is 5.69 Å². The molecule has 4 rings (SSSR count). The van der Waals surface area contributed by atoms with Crippen molar-refractivity contribution in [2.75, 3.05) is 0 Å². The van der Waals surface area contributed by atoms with E-state index in [1.54, 1.807) is 19.1 Å². The summed E-state index contributed by atoms with van der Waals surface area (Å²) in [5.41, 5.74) is 8.15. The smallest absolute Gasteiger partial charge is 0.272 e. The molecule has 28 heavy (non-hydrogen) atoms. The van der Waals surface area contributed by atoms with Crippen LogP contribution in [0.1, 0.15) is 34.1 Å². The van der Waals surface area contributed by atoms with Crippen molar-refractivity contribution in [2.45, 2.75) is 19.8 Å². The van der Waals surface area contributed by atoms with Gasteiger partial charge >= 0.3 is 0 Å². The summed E-state index contributed by atoms with van der Waals surface area (Å²) in [6.07, 6.45) is 1.59. The molecule has 0 aliphatic heterocycles.